The number of sulfonamides is 1. The number of carbonyl (C=O) groups is 1. The van der Waals surface area contributed by atoms with Crippen LogP contribution in [0.15, 0.2) is 23.1 Å². The Morgan fingerprint density at radius 1 is 1.06 bits per heavy atom. The first-order valence-electron chi connectivity index (χ1n) is 12.3. The van der Waals surface area contributed by atoms with E-state index < -0.39 is 16.1 Å². The molecule has 3 atom stereocenters. The summed E-state index contributed by atoms with van der Waals surface area (Å²) in [4.78, 5) is 17.8. The third-order valence-electron chi connectivity index (χ3n) is 6.95. The molecule has 1 amide bonds. The number of rotatable bonds is 6. The number of benzene rings is 1. The lowest BCUT2D eigenvalue weighted by Gasteiger charge is -2.37. The van der Waals surface area contributed by atoms with E-state index in [-0.39, 0.29) is 10.8 Å². The van der Waals surface area contributed by atoms with E-state index in [9.17, 15) is 13.2 Å². The average Bonchev–Trinajstić information content (AvgIpc) is 3.33. The lowest BCUT2D eigenvalue weighted by atomic mass is 9.91. The lowest BCUT2D eigenvalue weighted by Crippen LogP contribution is -2.48. The third kappa shape index (κ3) is 5.46. The van der Waals surface area contributed by atoms with E-state index in [0.717, 1.165) is 51.1 Å². The molecule has 0 aromatic heterocycles. The van der Waals surface area contributed by atoms with Gasteiger partial charge in [0.05, 0.1) is 29.5 Å². The molecule has 0 radical (unpaired) electrons. The molecule has 1 aromatic carbocycles. The molecule has 3 aliphatic rings. The summed E-state index contributed by atoms with van der Waals surface area (Å²) >= 11 is 0. The van der Waals surface area contributed by atoms with E-state index in [2.05, 4.69) is 24.1 Å². The summed E-state index contributed by atoms with van der Waals surface area (Å²) in [5.41, 5.74) is 1.68. The van der Waals surface area contributed by atoms with Crippen molar-refractivity contribution in [2.45, 2.75) is 51.0 Å². The van der Waals surface area contributed by atoms with Crippen LogP contribution in [0.2, 0.25) is 0 Å². The topological polar surface area (TPSA) is 82.2 Å². The molecule has 3 aliphatic heterocycles. The normalized spacial score (nSPS) is 25.8. The molecule has 184 valence electrons. The van der Waals surface area contributed by atoms with Crippen molar-refractivity contribution in [1.29, 1.82) is 0 Å². The Morgan fingerprint density at radius 3 is 2.33 bits per heavy atom. The van der Waals surface area contributed by atoms with E-state index in [1.807, 2.05) is 17.9 Å². The van der Waals surface area contributed by atoms with Gasteiger partial charge in [0.2, 0.25) is 15.9 Å². The van der Waals surface area contributed by atoms with Gasteiger partial charge in [0.1, 0.15) is 6.04 Å². The highest BCUT2D eigenvalue weighted by atomic mass is 32.2. The van der Waals surface area contributed by atoms with Crippen molar-refractivity contribution >= 4 is 27.3 Å². The number of likely N-dealkylation sites (tertiary alicyclic amines) is 1. The number of hydrogen-bond acceptors (Lipinski definition) is 6. The molecule has 0 spiro atoms. The Labute approximate surface area is 198 Å². The van der Waals surface area contributed by atoms with Crippen LogP contribution in [0.25, 0.3) is 0 Å². The first-order valence-corrected chi connectivity index (χ1v) is 13.7. The maximum atomic E-state index is 13.3. The van der Waals surface area contributed by atoms with E-state index >= 15 is 0 Å². The van der Waals surface area contributed by atoms with Crippen molar-refractivity contribution in [2.75, 3.05) is 62.7 Å². The van der Waals surface area contributed by atoms with Crippen LogP contribution in [0.4, 0.5) is 11.4 Å². The summed E-state index contributed by atoms with van der Waals surface area (Å²) in [6.45, 7) is 11.2. The molecule has 1 aromatic rings. The van der Waals surface area contributed by atoms with E-state index in [4.69, 9.17) is 4.74 Å². The van der Waals surface area contributed by atoms with Gasteiger partial charge in [-0.1, -0.05) is 13.8 Å². The zero-order valence-corrected chi connectivity index (χ0v) is 20.9. The molecular formula is C24H38N4O4S. The fourth-order valence-corrected chi connectivity index (χ4v) is 6.81. The van der Waals surface area contributed by atoms with Crippen LogP contribution in [0.5, 0.6) is 0 Å². The molecule has 3 heterocycles. The summed E-state index contributed by atoms with van der Waals surface area (Å²) in [6.07, 6.45) is 3.38. The van der Waals surface area contributed by atoms with Crippen LogP contribution in [-0.4, -0.2) is 82.1 Å². The standard InChI is InChI=1S/C24H38N4O4S/c1-18-14-19(2)17-27(16-18)24(29)20(3)25-22-15-21(6-7-23(22)26-8-4-5-9-26)33(30,31)28-10-12-32-13-11-28/h6-7,15,18-20,25H,4-5,8-14,16-17H2,1-3H3/t18-,19-,20+/m1/s1. The Morgan fingerprint density at radius 2 is 1.70 bits per heavy atom. The Balaban J connectivity index is 1.59. The SMILES string of the molecule is C[C@@H]1C[C@@H](C)CN(C(=O)[C@H](C)Nc2cc(S(=O)(=O)N3CCOCC3)ccc2N2CCCC2)C1. The van der Waals surface area contributed by atoms with Crippen molar-refractivity contribution in [3.8, 4) is 0 Å². The number of nitrogens with zero attached hydrogens (tertiary/aromatic N) is 3. The van der Waals surface area contributed by atoms with E-state index in [1.54, 1.807) is 12.1 Å². The Bertz CT molecular complexity index is 932. The first kappa shape index (κ1) is 24.3. The predicted octanol–water partition coefficient (Wildman–Crippen LogP) is 2.61. The predicted molar refractivity (Wildman–Crippen MR) is 130 cm³/mol. The average molecular weight is 479 g/mol. The first-order chi connectivity index (χ1) is 15.8. The second-order valence-electron chi connectivity index (χ2n) is 9.94. The zero-order chi connectivity index (χ0) is 23.6. The van der Waals surface area contributed by atoms with Gasteiger partial charge in [0.25, 0.3) is 0 Å². The molecule has 0 saturated carbocycles. The maximum absolute atomic E-state index is 13.3. The van der Waals surface area contributed by atoms with Crippen molar-refractivity contribution in [2.24, 2.45) is 11.8 Å². The fraction of sp³-hybridized carbons (Fsp3) is 0.708. The van der Waals surface area contributed by atoms with Gasteiger partial charge in [-0.25, -0.2) is 8.42 Å². The number of ether oxygens (including phenoxy) is 1. The van der Waals surface area contributed by atoms with Gasteiger partial charge in [0.15, 0.2) is 0 Å². The van der Waals surface area contributed by atoms with E-state index in [0.29, 0.717) is 43.8 Å². The Kier molecular flexibility index (Phi) is 7.50. The number of morpholine rings is 1. The van der Waals surface area contributed by atoms with Crippen LogP contribution >= 0.6 is 0 Å². The fourth-order valence-electron chi connectivity index (χ4n) is 5.37. The second-order valence-corrected chi connectivity index (χ2v) is 11.9. The van der Waals surface area contributed by atoms with Crippen molar-refractivity contribution in [3.63, 3.8) is 0 Å². The minimum Gasteiger partial charge on any atom is -0.379 e. The van der Waals surface area contributed by atoms with Crippen LogP contribution in [0.1, 0.15) is 40.0 Å². The molecule has 9 heteroatoms. The molecule has 0 unspecified atom stereocenters. The molecule has 0 aliphatic carbocycles. The number of piperidine rings is 1. The van der Waals surface area contributed by atoms with Crippen LogP contribution in [0, 0.1) is 11.8 Å². The highest BCUT2D eigenvalue weighted by Crippen LogP contribution is 2.33. The summed E-state index contributed by atoms with van der Waals surface area (Å²) in [7, 11) is -3.62. The van der Waals surface area contributed by atoms with Gasteiger partial charge in [0, 0.05) is 39.3 Å². The number of anilines is 2. The Hall–Kier alpha value is -1.84. The minimum atomic E-state index is -3.62. The third-order valence-corrected chi connectivity index (χ3v) is 8.84. The number of nitrogens with one attached hydrogen (secondary N) is 1. The number of carbonyl (C=O) groups excluding carboxylic acids is 1. The molecule has 1 N–H and O–H groups in total. The summed E-state index contributed by atoms with van der Waals surface area (Å²) in [6, 6.07) is 4.86. The van der Waals surface area contributed by atoms with Gasteiger partial charge >= 0.3 is 0 Å². The molecule has 8 nitrogen and oxygen atoms in total. The van der Waals surface area contributed by atoms with Gasteiger partial charge in [-0.2, -0.15) is 4.31 Å². The van der Waals surface area contributed by atoms with Gasteiger partial charge in [-0.3, -0.25) is 4.79 Å². The van der Waals surface area contributed by atoms with E-state index in [1.165, 1.54) is 4.31 Å². The minimum absolute atomic E-state index is 0.0715. The highest BCUT2D eigenvalue weighted by Gasteiger charge is 2.31. The van der Waals surface area contributed by atoms with Crippen molar-refractivity contribution in [1.82, 2.24) is 9.21 Å². The largest absolute Gasteiger partial charge is 0.379 e. The van der Waals surface area contributed by atoms with Crippen LogP contribution in [-0.2, 0) is 19.6 Å². The highest BCUT2D eigenvalue weighted by molar-refractivity contribution is 7.89. The van der Waals surface area contributed by atoms with Crippen molar-refractivity contribution in [3.05, 3.63) is 18.2 Å². The monoisotopic (exact) mass is 478 g/mol. The quantitative estimate of drug-likeness (QED) is 0.677. The molecule has 3 saturated heterocycles. The number of amides is 1. The molecule has 33 heavy (non-hydrogen) atoms. The number of hydrogen-bond donors (Lipinski definition) is 1. The molecule has 0 bridgehead atoms. The summed E-state index contributed by atoms with van der Waals surface area (Å²) in [5, 5.41) is 3.39. The van der Waals surface area contributed by atoms with Gasteiger partial charge in [-0.05, 0) is 56.2 Å². The second kappa shape index (κ2) is 10.2. The van der Waals surface area contributed by atoms with Crippen molar-refractivity contribution < 1.29 is 17.9 Å². The molecule has 4 rings (SSSR count). The molecule has 3 fully saturated rings. The summed E-state index contributed by atoms with van der Waals surface area (Å²) in [5.74, 6) is 1.06. The van der Waals surface area contributed by atoms with Gasteiger partial charge < -0.3 is 19.9 Å². The van der Waals surface area contributed by atoms with Gasteiger partial charge in [-0.15, -0.1) is 0 Å². The zero-order valence-electron chi connectivity index (χ0n) is 20.1. The molecular weight excluding hydrogens is 440 g/mol. The maximum Gasteiger partial charge on any atom is 0.244 e. The van der Waals surface area contributed by atoms with Crippen LogP contribution in [0.3, 0.4) is 0 Å². The smallest absolute Gasteiger partial charge is 0.244 e. The lowest BCUT2D eigenvalue weighted by molar-refractivity contribution is -0.134. The summed E-state index contributed by atoms with van der Waals surface area (Å²) < 4.78 is 33.3. The van der Waals surface area contributed by atoms with Crippen LogP contribution < -0.4 is 10.2 Å².